The maximum Gasteiger partial charge on any atom is 0.258 e. The van der Waals surface area contributed by atoms with Crippen LogP contribution in [0.5, 0.6) is 5.75 Å². The van der Waals surface area contributed by atoms with Crippen LogP contribution in [0.15, 0.2) is 60.9 Å². The maximum atomic E-state index is 12.4. The quantitative estimate of drug-likeness (QED) is 0.550. The van der Waals surface area contributed by atoms with E-state index in [1.54, 1.807) is 18.2 Å². The highest BCUT2D eigenvalue weighted by atomic mass is 35.5. The lowest BCUT2D eigenvalue weighted by Gasteiger charge is -2.10. The molecule has 3 aromatic rings. The number of halogens is 1. The van der Waals surface area contributed by atoms with Gasteiger partial charge in [0, 0.05) is 24.0 Å². The molecule has 0 spiro atoms. The molecule has 7 heteroatoms. The second-order valence-electron chi connectivity index (χ2n) is 6.11. The number of carbonyl (C=O) groups excluding carboxylic acids is 1. The monoisotopic (exact) mass is 396 g/mol. The Labute approximate surface area is 168 Å². The average Bonchev–Trinajstić information content (AvgIpc) is 2.72. The number of hydrogen-bond donors (Lipinski definition) is 2. The maximum absolute atomic E-state index is 12.4. The Kier molecular flexibility index (Phi) is 6.81. The SMILES string of the molecule is COc1ccc(Cl)cc1NC(=O)c1cnc(NCCCc2ccccc2)nc1. The summed E-state index contributed by atoms with van der Waals surface area (Å²) in [6.07, 6.45) is 4.91. The molecule has 2 aromatic carbocycles. The molecular weight excluding hydrogens is 376 g/mol. The number of rotatable bonds is 8. The largest absolute Gasteiger partial charge is 0.495 e. The highest BCUT2D eigenvalue weighted by molar-refractivity contribution is 6.31. The van der Waals surface area contributed by atoms with Gasteiger partial charge < -0.3 is 15.4 Å². The first-order valence-electron chi connectivity index (χ1n) is 8.90. The van der Waals surface area contributed by atoms with Gasteiger partial charge in [0.2, 0.25) is 5.95 Å². The third kappa shape index (κ3) is 5.44. The van der Waals surface area contributed by atoms with Crippen molar-refractivity contribution in [2.24, 2.45) is 0 Å². The van der Waals surface area contributed by atoms with E-state index in [0.29, 0.717) is 28.0 Å². The summed E-state index contributed by atoms with van der Waals surface area (Å²) < 4.78 is 5.23. The molecule has 1 amide bonds. The number of amides is 1. The molecule has 0 aliphatic rings. The van der Waals surface area contributed by atoms with E-state index in [0.717, 1.165) is 19.4 Å². The number of benzene rings is 2. The Morgan fingerprint density at radius 2 is 1.86 bits per heavy atom. The van der Waals surface area contributed by atoms with Crippen LogP contribution in [-0.2, 0) is 6.42 Å². The van der Waals surface area contributed by atoms with E-state index in [-0.39, 0.29) is 5.91 Å². The van der Waals surface area contributed by atoms with E-state index >= 15 is 0 Å². The summed E-state index contributed by atoms with van der Waals surface area (Å²) in [5, 5.41) is 6.43. The molecule has 0 atom stereocenters. The molecule has 0 unspecified atom stereocenters. The summed E-state index contributed by atoms with van der Waals surface area (Å²) in [4.78, 5) is 20.8. The molecule has 0 radical (unpaired) electrons. The summed E-state index contributed by atoms with van der Waals surface area (Å²) in [6, 6.07) is 15.3. The fourth-order valence-corrected chi connectivity index (χ4v) is 2.82. The Morgan fingerprint density at radius 1 is 1.11 bits per heavy atom. The van der Waals surface area contributed by atoms with Crippen LogP contribution in [-0.4, -0.2) is 29.5 Å². The molecule has 1 heterocycles. The van der Waals surface area contributed by atoms with Gasteiger partial charge >= 0.3 is 0 Å². The Morgan fingerprint density at radius 3 is 2.57 bits per heavy atom. The van der Waals surface area contributed by atoms with Gasteiger partial charge in [-0.1, -0.05) is 41.9 Å². The first kappa shape index (κ1) is 19.6. The Hall–Kier alpha value is -3.12. The number of methoxy groups -OCH3 is 1. The van der Waals surface area contributed by atoms with Crippen molar-refractivity contribution in [3.63, 3.8) is 0 Å². The minimum Gasteiger partial charge on any atom is -0.495 e. The molecule has 0 aliphatic carbocycles. The van der Waals surface area contributed by atoms with Crippen molar-refractivity contribution in [3.8, 4) is 5.75 Å². The topological polar surface area (TPSA) is 76.1 Å². The summed E-state index contributed by atoms with van der Waals surface area (Å²) >= 11 is 5.98. The lowest BCUT2D eigenvalue weighted by Crippen LogP contribution is -2.14. The number of anilines is 2. The molecule has 0 bridgehead atoms. The second kappa shape index (κ2) is 9.71. The highest BCUT2D eigenvalue weighted by Gasteiger charge is 2.11. The van der Waals surface area contributed by atoms with Crippen molar-refractivity contribution in [1.82, 2.24) is 9.97 Å². The van der Waals surface area contributed by atoms with Gasteiger partial charge in [-0.15, -0.1) is 0 Å². The van der Waals surface area contributed by atoms with Crippen molar-refractivity contribution < 1.29 is 9.53 Å². The van der Waals surface area contributed by atoms with Crippen molar-refractivity contribution in [2.75, 3.05) is 24.3 Å². The first-order chi connectivity index (χ1) is 13.7. The molecule has 0 aliphatic heterocycles. The van der Waals surface area contributed by atoms with Gasteiger partial charge in [-0.25, -0.2) is 9.97 Å². The van der Waals surface area contributed by atoms with E-state index in [4.69, 9.17) is 16.3 Å². The summed E-state index contributed by atoms with van der Waals surface area (Å²) in [5.41, 5.74) is 2.13. The van der Waals surface area contributed by atoms with Gasteiger partial charge in [-0.3, -0.25) is 4.79 Å². The molecular formula is C21H21ClN4O2. The molecule has 1 aromatic heterocycles. The number of nitrogens with one attached hydrogen (secondary N) is 2. The van der Waals surface area contributed by atoms with Crippen molar-refractivity contribution in [3.05, 3.63) is 77.1 Å². The van der Waals surface area contributed by atoms with Crippen molar-refractivity contribution >= 4 is 29.1 Å². The van der Waals surface area contributed by atoms with Crippen molar-refractivity contribution in [1.29, 1.82) is 0 Å². The van der Waals surface area contributed by atoms with E-state index in [2.05, 4.69) is 32.7 Å². The first-order valence-corrected chi connectivity index (χ1v) is 9.28. The standard InChI is InChI=1S/C21H21ClN4O2/c1-28-19-10-9-17(22)12-18(19)26-20(27)16-13-24-21(25-14-16)23-11-5-8-15-6-3-2-4-7-15/h2-4,6-7,9-10,12-14H,5,8,11H2,1H3,(H,26,27)(H,23,24,25). The van der Waals surface area contributed by atoms with Gasteiger partial charge in [-0.05, 0) is 36.6 Å². The molecule has 0 fully saturated rings. The average molecular weight is 397 g/mol. The van der Waals surface area contributed by atoms with Crippen molar-refractivity contribution in [2.45, 2.75) is 12.8 Å². The normalized spacial score (nSPS) is 10.4. The number of aryl methyl sites for hydroxylation is 1. The predicted octanol–water partition coefficient (Wildman–Crippen LogP) is 4.44. The minimum absolute atomic E-state index is 0.337. The van der Waals surface area contributed by atoms with Gasteiger partial charge in [-0.2, -0.15) is 0 Å². The lowest BCUT2D eigenvalue weighted by atomic mass is 10.1. The predicted molar refractivity (Wildman–Crippen MR) is 111 cm³/mol. The zero-order chi connectivity index (χ0) is 19.8. The van der Waals surface area contributed by atoms with Crippen LogP contribution in [0.2, 0.25) is 5.02 Å². The van der Waals surface area contributed by atoms with E-state index in [1.165, 1.54) is 25.1 Å². The minimum atomic E-state index is -0.337. The zero-order valence-electron chi connectivity index (χ0n) is 15.5. The van der Waals surface area contributed by atoms with Crippen LogP contribution >= 0.6 is 11.6 Å². The summed E-state index contributed by atoms with van der Waals surface area (Å²) in [6.45, 7) is 0.750. The Balaban J connectivity index is 1.52. The third-order valence-electron chi connectivity index (χ3n) is 4.09. The molecule has 0 saturated carbocycles. The fourth-order valence-electron chi connectivity index (χ4n) is 2.65. The van der Waals surface area contributed by atoms with E-state index in [9.17, 15) is 4.79 Å². The number of ether oxygens (including phenoxy) is 1. The number of hydrogen-bond acceptors (Lipinski definition) is 5. The molecule has 2 N–H and O–H groups in total. The van der Waals surface area contributed by atoms with Gasteiger partial charge in [0.15, 0.2) is 0 Å². The number of carbonyl (C=O) groups is 1. The van der Waals surface area contributed by atoms with Gasteiger partial charge in [0.25, 0.3) is 5.91 Å². The van der Waals surface area contributed by atoms with Crippen LogP contribution in [0.3, 0.4) is 0 Å². The van der Waals surface area contributed by atoms with Crippen LogP contribution in [0.1, 0.15) is 22.3 Å². The third-order valence-corrected chi connectivity index (χ3v) is 4.33. The zero-order valence-corrected chi connectivity index (χ0v) is 16.2. The smallest absolute Gasteiger partial charge is 0.258 e. The van der Waals surface area contributed by atoms with Crippen LogP contribution < -0.4 is 15.4 Å². The fraction of sp³-hybridized carbons (Fsp3) is 0.190. The second-order valence-corrected chi connectivity index (χ2v) is 6.55. The van der Waals surface area contributed by atoms with Crippen LogP contribution in [0.4, 0.5) is 11.6 Å². The van der Waals surface area contributed by atoms with Crippen LogP contribution in [0, 0.1) is 0 Å². The summed E-state index contributed by atoms with van der Waals surface area (Å²) in [5.74, 6) is 0.677. The van der Waals surface area contributed by atoms with Gasteiger partial charge in [0.1, 0.15) is 5.75 Å². The summed E-state index contributed by atoms with van der Waals surface area (Å²) in [7, 11) is 1.53. The van der Waals surface area contributed by atoms with Crippen LogP contribution in [0.25, 0.3) is 0 Å². The molecule has 144 valence electrons. The van der Waals surface area contributed by atoms with Gasteiger partial charge in [0.05, 0.1) is 18.4 Å². The van der Waals surface area contributed by atoms with E-state index < -0.39 is 0 Å². The molecule has 0 saturated heterocycles. The van der Waals surface area contributed by atoms with E-state index in [1.807, 2.05) is 18.2 Å². The Bertz CT molecular complexity index is 917. The number of aromatic nitrogens is 2. The highest BCUT2D eigenvalue weighted by Crippen LogP contribution is 2.28. The molecule has 3 rings (SSSR count). The number of nitrogens with zero attached hydrogens (tertiary/aromatic N) is 2. The lowest BCUT2D eigenvalue weighted by molar-refractivity contribution is 0.102. The molecule has 6 nitrogen and oxygen atoms in total. The molecule has 28 heavy (non-hydrogen) atoms.